The van der Waals surface area contributed by atoms with Crippen molar-refractivity contribution in [2.45, 2.75) is 0 Å². The standard InChI is InChI=1S/C10H12BrNO4/c1-15-2-3-16-9-5-8(12)6(10(13)14)4-7(9)11/h4-5H,2-3,12H2,1H3,(H,13,14). The maximum Gasteiger partial charge on any atom is 0.337 e. The first-order chi connectivity index (χ1) is 7.56. The fourth-order valence-electron chi connectivity index (χ4n) is 1.10. The molecular weight excluding hydrogens is 278 g/mol. The number of halogens is 1. The molecule has 0 aliphatic heterocycles. The number of aromatic carboxylic acids is 1. The summed E-state index contributed by atoms with van der Waals surface area (Å²) in [6, 6.07) is 2.89. The molecule has 0 spiro atoms. The molecule has 0 heterocycles. The fourth-order valence-corrected chi connectivity index (χ4v) is 1.56. The Morgan fingerprint density at radius 3 is 2.75 bits per heavy atom. The number of hydrogen-bond donors (Lipinski definition) is 2. The summed E-state index contributed by atoms with van der Waals surface area (Å²) in [7, 11) is 1.57. The van der Waals surface area contributed by atoms with Crippen molar-refractivity contribution in [2.75, 3.05) is 26.1 Å². The van der Waals surface area contributed by atoms with Crippen molar-refractivity contribution in [1.82, 2.24) is 0 Å². The van der Waals surface area contributed by atoms with Crippen LogP contribution in [0.5, 0.6) is 5.75 Å². The van der Waals surface area contributed by atoms with Crippen LogP contribution in [0.2, 0.25) is 0 Å². The largest absolute Gasteiger partial charge is 0.490 e. The van der Waals surface area contributed by atoms with Gasteiger partial charge in [0.25, 0.3) is 0 Å². The number of benzene rings is 1. The average Bonchev–Trinajstić information content (AvgIpc) is 2.22. The number of rotatable bonds is 5. The van der Waals surface area contributed by atoms with E-state index in [4.69, 9.17) is 20.3 Å². The molecule has 6 heteroatoms. The molecule has 5 nitrogen and oxygen atoms in total. The monoisotopic (exact) mass is 289 g/mol. The first-order valence-corrected chi connectivity index (χ1v) is 5.29. The zero-order valence-electron chi connectivity index (χ0n) is 8.70. The number of anilines is 1. The molecule has 0 aliphatic rings. The topological polar surface area (TPSA) is 81.8 Å². The minimum atomic E-state index is -1.07. The predicted octanol–water partition coefficient (Wildman–Crippen LogP) is 1.75. The second kappa shape index (κ2) is 5.72. The molecule has 0 atom stereocenters. The molecule has 0 aromatic heterocycles. The second-order valence-electron chi connectivity index (χ2n) is 3.02. The van der Waals surface area contributed by atoms with E-state index in [0.29, 0.717) is 23.4 Å². The number of methoxy groups -OCH3 is 1. The third-order valence-electron chi connectivity index (χ3n) is 1.88. The Hall–Kier alpha value is -1.27. The van der Waals surface area contributed by atoms with Gasteiger partial charge in [0.05, 0.1) is 16.6 Å². The van der Waals surface area contributed by atoms with Crippen molar-refractivity contribution >= 4 is 27.6 Å². The van der Waals surface area contributed by atoms with Gasteiger partial charge in [-0.25, -0.2) is 4.79 Å². The highest BCUT2D eigenvalue weighted by Crippen LogP contribution is 2.30. The molecule has 1 aromatic rings. The lowest BCUT2D eigenvalue weighted by molar-refractivity contribution is 0.0698. The van der Waals surface area contributed by atoms with Crippen molar-refractivity contribution in [3.05, 3.63) is 22.2 Å². The van der Waals surface area contributed by atoms with Crippen LogP contribution in [0.25, 0.3) is 0 Å². The molecule has 0 saturated heterocycles. The zero-order valence-corrected chi connectivity index (χ0v) is 10.3. The van der Waals surface area contributed by atoms with Gasteiger partial charge in [0, 0.05) is 18.9 Å². The summed E-state index contributed by atoms with van der Waals surface area (Å²) in [6.45, 7) is 0.827. The summed E-state index contributed by atoms with van der Waals surface area (Å²) in [4.78, 5) is 10.8. The molecule has 0 bridgehead atoms. The quantitative estimate of drug-likeness (QED) is 0.638. The Balaban J connectivity index is 2.88. The maximum absolute atomic E-state index is 10.8. The molecule has 0 unspecified atom stereocenters. The summed E-state index contributed by atoms with van der Waals surface area (Å²) < 4.78 is 10.7. The van der Waals surface area contributed by atoms with Gasteiger partial charge in [-0.1, -0.05) is 0 Å². The van der Waals surface area contributed by atoms with E-state index in [2.05, 4.69) is 15.9 Å². The van der Waals surface area contributed by atoms with Gasteiger partial charge < -0.3 is 20.3 Å². The number of nitrogen functional groups attached to an aromatic ring is 1. The van der Waals surface area contributed by atoms with E-state index in [1.807, 2.05) is 0 Å². The molecule has 0 aliphatic carbocycles. The second-order valence-corrected chi connectivity index (χ2v) is 3.87. The molecule has 1 rings (SSSR count). The van der Waals surface area contributed by atoms with Crippen LogP contribution in [0, 0.1) is 0 Å². The van der Waals surface area contributed by atoms with Crippen LogP contribution < -0.4 is 10.5 Å². The Morgan fingerprint density at radius 2 is 2.19 bits per heavy atom. The summed E-state index contributed by atoms with van der Waals surface area (Å²) >= 11 is 3.22. The highest BCUT2D eigenvalue weighted by Gasteiger charge is 2.12. The smallest absolute Gasteiger partial charge is 0.337 e. The SMILES string of the molecule is COCCOc1cc(N)c(C(=O)O)cc1Br. The maximum atomic E-state index is 10.8. The van der Waals surface area contributed by atoms with E-state index in [-0.39, 0.29) is 11.3 Å². The lowest BCUT2D eigenvalue weighted by Crippen LogP contribution is -2.07. The fraction of sp³-hybridized carbons (Fsp3) is 0.300. The Labute approximate surface area is 101 Å². The Kier molecular flexibility index (Phi) is 4.57. The number of nitrogens with two attached hydrogens (primary N) is 1. The highest BCUT2D eigenvalue weighted by atomic mass is 79.9. The highest BCUT2D eigenvalue weighted by molar-refractivity contribution is 9.10. The van der Waals surface area contributed by atoms with Crippen LogP contribution >= 0.6 is 15.9 Å². The minimum Gasteiger partial charge on any atom is -0.490 e. The van der Waals surface area contributed by atoms with E-state index >= 15 is 0 Å². The van der Waals surface area contributed by atoms with Crippen molar-refractivity contribution in [3.63, 3.8) is 0 Å². The zero-order chi connectivity index (χ0) is 12.1. The molecule has 1 aromatic carbocycles. The van der Waals surface area contributed by atoms with Crippen LogP contribution in [0.4, 0.5) is 5.69 Å². The lowest BCUT2D eigenvalue weighted by Gasteiger charge is -2.10. The van der Waals surface area contributed by atoms with Gasteiger partial charge in [-0.05, 0) is 22.0 Å². The first kappa shape index (κ1) is 12.8. The number of carbonyl (C=O) groups is 1. The Morgan fingerprint density at radius 1 is 1.50 bits per heavy atom. The van der Waals surface area contributed by atoms with Gasteiger partial charge in [0.2, 0.25) is 0 Å². The van der Waals surface area contributed by atoms with Crippen LogP contribution in [0.15, 0.2) is 16.6 Å². The van der Waals surface area contributed by atoms with Gasteiger partial charge in [0.1, 0.15) is 12.4 Å². The molecule has 0 amide bonds. The van der Waals surface area contributed by atoms with Gasteiger partial charge >= 0.3 is 5.97 Å². The van der Waals surface area contributed by atoms with E-state index in [9.17, 15) is 4.79 Å². The third-order valence-corrected chi connectivity index (χ3v) is 2.50. The number of carboxylic acids is 1. The van der Waals surface area contributed by atoms with E-state index in [1.54, 1.807) is 7.11 Å². The summed E-state index contributed by atoms with van der Waals surface area (Å²) in [6.07, 6.45) is 0. The molecule has 3 N–H and O–H groups in total. The minimum absolute atomic E-state index is 0.0472. The molecule has 0 saturated carbocycles. The predicted molar refractivity (Wildman–Crippen MR) is 62.9 cm³/mol. The van der Waals surface area contributed by atoms with Crippen molar-refractivity contribution in [1.29, 1.82) is 0 Å². The first-order valence-electron chi connectivity index (χ1n) is 4.50. The van der Waals surface area contributed by atoms with Crippen LogP contribution in [0.3, 0.4) is 0 Å². The molecule has 0 radical (unpaired) electrons. The van der Waals surface area contributed by atoms with E-state index in [1.165, 1.54) is 12.1 Å². The molecule has 88 valence electrons. The Bertz CT molecular complexity index is 395. The van der Waals surface area contributed by atoms with Gasteiger partial charge in [-0.2, -0.15) is 0 Å². The average molecular weight is 290 g/mol. The van der Waals surface area contributed by atoms with Gasteiger partial charge in [-0.15, -0.1) is 0 Å². The number of carboxylic acid groups (broad SMARTS) is 1. The molecule has 0 fully saturated rings. The van der Waals surface area contributed by atoms with Crippen LogP contribution in [-0.4, -0.2) is 31.4 Å². The lowest BCUT2D eigenvalue weighted by atomic mass is 10.2. The number of ether oxygens (including phenoxy) is 2. The third kappa shape index (κ3) is 3.11. The summed E-state index contributed by atoms with van der Waals surface area (Å²) in [5, 5.41) is 8.83. The molecule has 16 heavy (non-hydrogen) atoms. The summed E-state index contributed by atoms with van der Waals surface area (Å²) in [5.41, 5.74) is 5.80. The van der Waals surface area contributed by atoms with Crippen LogP contribution in [-0.2, 0) is 4.74 Å². The summed E-state index contributed by atoms with van der Waals surface area (Å²) in [5.74, 6) is -0.568. The van der Waals surface area contributed by atoms with E-state index < -0.39 is 5.97 Å². The van der Waals surface area contributed by atoms with Crippen LogP contribution in [0.1, 0.15) is 10.4 Å². The van der Waals surface area contributed by atoms with Crippen molar-refractivity contribution in [3.8, 4) is 5.75 Å². The van der Waals surface area contributed by atoms with Gasteiger partial charge in [0.15, 0.2) is 0 Å². The normalized spacial score (nSPS) is 10.1. The molecular formula is C10H12BrNO4. The van der Waals surface area contributed by atoms with Crippen molar-refractivity contribution in [2.24, 2.45) is 0 Å². The number of hydrogen-bond acceptors (Lipinski definition) is 4. The van der Waals surface area contributed by atoms with Crippen molar-refractivity contribution < 1.29 is 19.4 Å². The van der Waals surface area contributed by atoms with Gasteiger partial charge in [-0.3, -0.25) is 0 Å². The van der Waals surface area contributed by atoms with E-state index in [0.717, 1.165) is 0 Å².